The molecule has 0 spiro atoms. The Bertz CT molecular complexity index is 364. The highest BCUT2D eigenvalue weighted by Gasteiger charge is 2.27. The van der Waals surface area contributed by atoms with Gasteiger partial charge in [0.2, 0.25) is 0 Å². The molecule has 2 rings (SSSR count). The molecule has 0 aliphatic carbocycles. The molecule has 88 valence electrons. The fourth-order valence-corrected chi connectivity index (χ4v) is 2.21. The van der Waals surface area contributed by atoms with Gasteiger partial charge in [-0.25, -0.2) is 8.78 Å². The molecule has 0 amide bonds. The molecule has 1 aromatic rings. The van der Waals surface area contributed by atoms with Crippen LogP contribution in [0.25, 0.3) is 0 Å². The van der Waals surface area contributed by atoms with E-state index < -0.39 is 5.82 Å². The first-order valence-corrected chi connectivity index (χ1v) is 5.42. The summed E-state index contributed by atoms with van der Waals surface area (Å²) in [4.78, 5) is 0. The Kier molecular flexibility index (Phi) is 3.51. The minimum atomic E-state index is -0.407. The number of halogens is 2. The highest BCUT2D eigenvalue weighted by molar-refractivity contribution is 5.23. The summed E-state index contributed by atoms with van der Waals surface area (Å²) in [6.45, 7) is 1.29. The third kappa shape index (κ3) is 2.23. The van der Waals surface area contributed by atoms with Gasteiger partial charge < -0.3 is 10.1 Å². The Morgan fingerprint density at radius 1 is 1.44 bits per heavy atom. The van der Waals surface area contributed by atoms with Crippen molar-refractivity contribution in [1.82, 2.24) is 5.32 Å². The predicted molar refractivity (Wildman–Crippen MR) is 57.1 cm³/mol. The summed E-state index contributed by atoms with van der Waals surface area (Å²) in [5, 5.41) is 3.04. The lowest BCUT2D eigenvalue weighted by Gasteiger charge is -2.22. The second-order valence-electron chi connectivity index (χ2n) is 4.06. The molecular weight excluding hydrogens is 212 g/mol. The van der Waals surface area contributed by atoms with Gasteiger partial charge in [-0.3, -0.25) is 0 Å². The third-order valence-corrected chi connectivity index (χ3v) is 3.04. The average Bonchev–Trinajstić information content (AvgIpc) is 2.78. The van der Waals surface area contributed by atoms with Crippen LogP contribution >= 0.6 is 0 Å². The van der Waals surface area contributed by atoms with Gasteiger partial charge in [-0.1, -0.05) is 0 Å². The SMILES string of the molecule is CNC(c1cc(F)ccc1F)C1CCOC1. The number of hydrogen-bond acceptors (Lipinski definition) is 2. The van der Waals surface area contributed by atoms with Crippen LogP contribution in [0.2, 0.25) is 0 Å². The first-order chi connectivity index (χ1) is 7.72. The van der Waals surface area contributed by atoms with Crippen LogP contribution in [0.5, 0.6) is 0 Å². The zero-order valence-corrected chi connectivity index (χ0v) is 9.17. The van der Waals surface area contributed by atoms with Crippen molar-refractivity contribution < 1.29 is 13.5 Å². The number of nitrogens with one attached hydrogen (secondary N) is 1. The number of rotatable bonds is 3. The molecule has 16 heavy (non-hydrogen) atoms. The van der Waals surface area contributed by atoms with Crippen LogP contribution in [0.3, 0.4) is 0 Å². The largest absolute Gasteiger partial charge is 0.381 e. The highest BCUT2D eigenvalue weighted by Crippen LogP contribution is 2.30. The van der Waals surface area contributed by atoms with Crippen molar-refractivity contribution in [1.29, 1.82) is 0 Å². The van der Waals surface area contributed by atoms with Crippen molar-refractivity contribution >= 4 is 0 Å². The molecule has 2 unspecified atom stereocenters. The van der Waals surface area contributed by atoms with Crippen molar-refractivity contribution in [2.45, 2.75) is 12.5 Å². The molecule has 0 saturated carbocycles. The number of hydrogen-bond donors (Lipinski definition) is 1. The van der Waals surface area contributed by atoms with E-state index in [0.717, 1.165) is 12.5 Å². The van der Waals surface area contributed by atoms with Gasteiger partial charge in [-0.15, -0.1) is 0 Å². The fraction of sp³-hybridized carbons (Fsp3) is 0.500. The summed E-state index contributed by atoms with van der Waals surface area (Å²) in [5.41, 5.74) is 0.387. The van der Waals surface area contributed by atoms with Gasteiger partial charge in [0.1, 0.15) is 11.6 Å². The number of ether oxygens (including phenoxy) is 1. The van der Waals surface area contributed by atoms with Gasteiger partial charge in [0.05, 0.1) is 6.61 Å². The first kappa shape index (κ1) is 11.5. The molecule has 2 nitrogen and oxygen atoms in total. The highest BCUT2D eigenvalue weighted by atomic mass is 19.1. The molecule has 0 radical (unpaired) electrons. The zero-order valence-electron chi connectivity index (χ0n) is 9.17. The van der Waals surface area contributed by atoms with E-state index in [1.165, 1.54) is 12.1 Å². The van der Waals surface area contributed by atoms with E-state index in [0.29, 0.717) is 18.8 Å². The molecule has 1 aliphatic rings. The summed E-state index contributed by atoms with van der Waals surface area (Å²) in [7, 11) is 1.76. The summed E-state index contributed by atoms with van der Waals surface area (Å²) >= 11 is 0. The lowest BCUT2D eigenvalue weighted by atomic mass is 9.92. The van der Waals surface area contributed by atoms with Crippen LogP contribution in [0.15, 0.2) is 18.2 Å². The summed E-state index contributed by atoms with van der Waals surface area (Å²) in [6.07, 6.45) is 0.876. The van der Waals surface area contributed by atoms with E-state index in [2.05, 4.69) is 5.32 Å². The summed E-state index contributed by atoms with van der Waals surface area (Å²) < 4.78 is 32.0. The first-order valence-electron chi connectivity index (χ1n) is 5.42. The van der Waals surface area contributed by atoms with Crippen LogP contribution in [0.1, 0.15) is 18.0 Å². The quantitative estimate of drug-likeness (QED) is 0.855. The molecule has 1 N–H and O–H groups in total. The van der Waals surface area contributed by atoms with Gasteiger partial charge in [0, 0.05) is 24.1 Å². The van der Waals surface area contributed by atoms with Gasteiger partial charge in [0.15, 0.2) is 0 Å². The maximum atomic E-state index is 13.6. The van der Waals surface area contributed by atoms with Gasteiger partial charge >= 0.3 is 0 Å². The Balaban J connectivity index is 2.28. The predicted octanol–water partition coefficient (Wildman–Crippen LogP) is 2.26. The molecule has 1 heterocycles. The molecule has 0 aromatic heterocycles. The van der Waals surface area contributed by atoms with E-state index >= 15 is 0 Å². The normalized spacial score (nSPS) is 22.3. The van der Waals surface area contributed by atoms with Gasteiger partial charge in [-0.2, -0.15) is 0 Å². The maximum Gasteiger partial charge on any atom is 0.128 e. The molecule has 2 atom stereocenters. The Morgan fingerprint density at radius 2 is 2.25 bits per heavy atom. The maximum absolute atomic E-state index is 13.6. The van der Waals surface area contributed by atoms with Crippen molar-refractivity contribution in [3.63, 3.8) is 0 Å². The zero-order chi connectivity index (χ0) is 11.5. The van der Waals surface area contributed by atoms with Gasteiger partial charge in [-0.05, 0) is 31.7 Å². The van der Waals surface area contributed by atoms with Crippen molar-refractivity contribution in [2.75, 3.05) is 20.3 Å². The molecular formula is C12H15F2NO. The third-order valence-electron chi connectivity index (χ3n) is 3.04. The van der Waals surface area contributed by atoms with E-state index in [1.807, 2.05) is 0 Å². The lowest BCUT2D eigenvalue weighted by Crippen LogP contribution is -2.26. The van der Waals surface area contributed by atoms with E-state index in [9.17, 15) is 8.78 Å². The second-order valence-corrected chi connectivity index (χ2v) is 4.06. The molecule has 1 aliphatic heterocycles. The van der Waals surface area contributed by atoms with E-state index in [1.54, 1.807) is 7.05 Å². The minimum absolute atomic E-state index is 0.182. The van der Waals surface area contributed by atoms with Crippen LogP contribution < -0.4 is 5.32 Å². The van der Waals surface area contributed by atoms with Gasteiger partial charge in [0.25, 0.3) is 0 Å². The van der Waals surface area contributed by atoms with Crippen LogP contribution in [-0.4, -0.2) is 20.3 Å². The van der Waals surface area contributed by atoms with E-state index in [-0.39, 0.29) is 17.8 Å². The second kappa shape index (κ2) is 4.89. The minimum Gasteiger partial charge on any atom is -0.381 e. The summed E-state index contributed by atoms with van der Waals surface area (Å²) in [6, 6.07) is 3.38. The monoisotopic (exact) mass is 227 g/mol. The topological polar surface area (TPSA) is 21.3 Å². The molecule has 1 fully saturated rings. The van der Waals surface area contributed by atoms with Crippen molar-refractivity contribution in [2.24, 2.45) is 5.92 Å². The smallest absolute Gasteiger partial charge is 0.128 e. The fourth-order valence-electron chi connectivity index (χ4n) is 2.21. The van der Waals surface area contributed by atoms with E-state index in [4.69, 9.17) is 4.74 Å². The lowest BCUT2D eigenvalue weighted by molar-refractivity contribution is 0.177. The standard InChI is InChI=1S/C12H15F2NO/c1-15-12(8-4-5-16-7-8)10-6-9(13)2-3-11(10)14/h2-3,6,8,12,15H,4-5,7H2,1H3. The molecule has 0 bridgehead atoms. The van der Waals surface area contributed by atoms with Crippen LogP contribution in [0.4, 0.5) is 8.78 Å². The summed E-state index contributed by atoms with van der Waals surface area (Å²) in [5.74, 6) is -0.565. The molecule has 1 aromatic carbocycles. The average molecular weight is 227 g/mol. The Hall–Kier alpha value is -1.00. The van der Waals surface area contributed by atoms with Crippen molar-refractivity contribution in [3.8, 4) is 0 Å². The van der Waals surface area contributed by atoms with Crippen molar-refractivity contribution in [3.05, 3.63) is 35.4 Å². The Morgan fingerprint density at radius 3 is 2.88 bits per heavy atom. The molecule has 4 heteroatoms. The Labute approximate surface area is 93.6 Å². The molecule has 1 saturated heterocycles. The van der Waals surface area contributed by atoms with Crippen LogP contribution in [-0.2, 0) is 4.74 Å². The van der Waals surface area contributed by atoms with Crippen LogP contribution in [0, 0.1) is 17.6 Å². The number of benzene rings is 1.